The Morgan fingerprint density at radius 3 is 2.44 bits per heavy atom. The molecular formula is C20H18ClN3O. The van der Waals surface area contributed by atoms with E-state index in [1.807, 2.05) is 55.5 Å². The maximum atomic E-state index is 12.5. The molecule has 1 aromatic heterocycles. The highest BCUT2D eigenvalue weighted by Crippen LogP contribution is 2.19. The van der Waals surface area contributed by atoms with Gasteiger partial charge in [-0.05, 0) is 48.9 Å². The molecule has 0 bridgehead atoms. The number of halogens is 1. The summed E-state index contributed by atoms with van der Waals surface area (Å²) in [5.41, 5.74) is 3.09. The van der Waals surface area contributed by atoms with Gasteiger partial charge in [0, 0.05) is 22.6 Å². The highest BCUT2D eigenvalue weighted by Gasteiger charge is 2.12. The molecule has 3 rings (SSSR count). The van der Waals surface area contributed by atoms with Crippen molar-refractivity contribution in [2.75, 3.05) is 5.32 Å². The van der Waals surface area contributed by atoms with Gasteiger partial charge in [0.1, 0.15) is 5.69 Å². The summed E-state index contributed by atoms with van der Waals surface area (Å²) >= 11 is 5.89. The van der Waals surface area contributed by atoms with Gasteiger partial charge in [-0.15, -0.1) is 0 Å². The largest absolute Gasteiger partial charge is 0.355 e. The van der Waals surface area contributed by atoms with Gasteiger partial charge < -0.3 is 10.6 Å². The Balaban J connectivity index is 1.70. The molecule has 0 radical (unpaired) electrons. The van der Waals surface area contributed by atoms with Gasteiger partial charge in [-0.25, -0.2) is 0 Å². The summed E-state index contributed by atoms with van der Waals surface area (Å²) in [6.45, 7) is 1.95. The molecule has 1 atom stereocenters. The molecule has 0 saturated carbocycles. The summed E-state index contributed by atoms with van der Waals surface area (Å²) in [5.74, 6) is -0.212. The van der Waals surface area contributed by atoms with Crippen LogP contribution in [0.25, 0.3) is 0 Å². The lowest BCUT2D eigenvalue weighted by Gasteiger charge is -2.14. The van der Waals surface area contributed by atoms with Crippen molar-refractivity contribution >= 4 is 28.9 Å². The maximum absolute atomic E-state index is 12.5. The minimum atomic E-state index is -0.212. The van der Waals surface area contributed by atoms with Crippen molar-refractivity contribution in [1.82, 2.24) is 10.3 Å². The number of carbonyl (C=O) groups excluding carboxylic acids is 1. The van der Waals surface area contributed by atoms with Gasteiger partial charge in [0.05, 0.1) is 6.04 Å². The topological polar surface area (TPSA) is 54.0 Å². The van der Waals surface area contributed by atoms with Crippen LogP contribution in [-0.2, 0) is 0 Å². The van der Waals surface area contributed by atoms with Gasteiger partial charge >= 0.3 is 0 Å². The number of carbonyl (C=O) groups is 1. The van der Waals surface area contributed by atoms with Gasteiger partial charge in [0.15, 0.2) is 0 Å². The number of benzene rings is 2. The summed E-state index contributed by atoms with van der Waals surface area (Å²) in [7, 11) is 0. The third-order valence-corrected chi connectivity index (χ3v) is 4.02. The van der Waals surface area contributed by atoms with Crippen LogP contribution >= 0.6 is 11.6 Å². The Morgan fingerprint density at radius 1 is 1.00 bits per heavy atom. The highest BCUT2D eigenvalue weighted by molar-refractivity contribution is 6.30. The zero-order valence-electron chi connectivity index (χ0n) is 13.7. The van der Waals surface area contributed by atoms with Crippen LogP contribution < -0.4 is 10.6 Å². The predicted octanol–water partition coefficient (Wildman–Crippen LogP) is 4.97. The number of nitrogens with one attached hydrogen (secondary N) is 2. The zero-order chi connectivity index (χ0) is 17.6. The first-order valence-electron chi connectivity index (χ1n) is 7.96. The summed E-state index contributed by atoms with van der Waals surface area (Å²) in [5, 5.41) is 6.87. The zero-order valence-corrected chi connectivity index (χ0v) is 14.5. The average Bonchev–Trinajstić information content (AvgIpc) is 2.64. The van der Waals surface area contributed by atoms with Crippen LogP contribution in [-0.4, -0.2) is 10.9 Å². The first kappa shape index (κ1) is 17.0. The number of amides is 1. The van der Waals surface area contributed by atoms with Crippen molar-refractivity contribution in [3.63, 3.8) is 0 Å². The van der Waals surface area contributed by atoms with E-state index in [-0.39, 0.29) is 11.9 Å². The predicted molar refractivity (Wildman–Crippen MR) is 101 cm³/mol. The molecule has 0 saturated heterocycles. The van der Waals surface area contributed by atoms with Crippen molar-refractivity contribution in [3.05, 3.63) is 89.2 Å². The average molecular weight is 352 g/mol. The number of pyridine rings is 1. The van der Waals surface area contributed by atoms with Crippen LogP contribution in [0.3, 0.4) is 0 Å². The molecule has 0 aliphatic rings. The molecule has 4 nitrogen and oxygen atoms in total. The van der Waals surface area contributed by atoms with Crippen molar-refractivity contribution in [1.29, 1.82) is 0 Å². The van der Waals surface area contributed by atoms with Gasteiger partial charge in [-0.1, -0.05) is 41.9 Å². The summed E-state index contributed by atoms with van der Waals surface area (Å²) in [4.78, 5) is 16.6. The number of rotatable bonds is 5. The number of hydrogen-bond acceptors (Lipinski definition) is 3. The molecule has 0 fully saturated rings. The Labute approximate surface area is 151 Å². The molecule has 2 aromatic carbocycles. The second-order valence-electron chi connectivity index (χ2n) is 5.67. The molecule has 5 heteroatoms. The molecule has 1 amide bonds. The standard InChI is InChI=1S/C20H18ClN3O/c1-14(15-5-3-2-4-6-15)23-20(25)19-13-18(11-12-22-19)24-17-9-7-16(21)8-10-17/h2-14H,1H3,(H,22,24)(H,23,25). The lowest BCUT2D eigenvalue weighted by atomic mass is 10.1. The Morgan fingerprint density at radius 2 is 1.72 bits per heavy atom. The summed E-state index contributed by atoms with van der Waals surface area (Å²) in [6, 6.07) is 20.6. The lowest BCUT2D eigenvalue weighted by Crippen LogP contribution is -2.27. The molecular weight excluding hydrogens is 334 g/mol. The van der Waals surface area contributed by atoms with Crippen molar-refractivity contribution in [2.24, 2.45) is 0 Å². The van der Waals surface area contributed by atoms with E-state index in [0.29, 0.717) is 10.7 Å². The molecule has 3 aromatic rings. The summed E-state index contributed by atoms with van der Waals surface area (Å²) in [6.07, 6.45) is 1.61. The molecule has 1 heterocycles. The quantitative estimate of drug-likeness (QED) is 0.682. The molecule has 0 aliphatic heterocycles. The number of hydrogen-bond donors (Lipinski definition) is 2. The van der Waals surface area contributed by atoms with E-state index in [2.05, 4.69) is 15.6 Å². The third kappa shape index (κ3) is 4.58. The van der Waals surface area contributed by atoms with E-state index in [1.54, 1.807) is 24.4 Å². The van der Waals surface area contributed by atoms with E-state index in [1.165, 1.54) is 0 Å². The smallest absolute Gasteiger partial charge is 0.270 e. The van der Waals surface area contributed by atoms with Crippen molar-refractivity contribution < 1.29 is 4.79 Å². The molecule has 2 N–H and O–H groups in total. The number of aromatic nitrogens is 1. The van der Waals surface area contributed by atoms with E-state index >= 15 is 0 Å². The summed E-state index contributed by atoms with van der Waals surface area (Å²) < 4.78 is 0. The Hall–Kier alpha value is -2.85. The van der Waals surface area contributed by atoms with Crippen LogP contribution in [0.15, 0.2) is 72.9 Å². The second kappa shape index (κ2) is 7.81. The minimum Gasteiger partial charge on any atom is -0.355 e. The second-order valence-corrected chi connectivity index (χ2v) is 6.10. The third-order valence-electron chi connectivity index (χ3n) is 3.77. The van der Waals surface area contributed by atoms with Gasteiger partial charge in [0.25, 0.3) is 5.91 Å². The normalized spacial score (nSPS) is 11.6. The SMILES string of the molecule is CC(NC(=O)c1cc(Nc2ccc(Cl)cc2)ccn1)c1ccccc1. The van der Waals surface area contributed by atoms with Crippen LogP contribution in [0.1, 0.15) is 29.0 Å². The fraction of sp³-hybridized carbons (Fsp3) is 0.100. The number of anilines is 2. The minimum absolute atomic E-state index is 0.0941. The van der Waals surface area contributed by atoms with Crippen LogP contribution in [0.4, 0.5) is 11.4 Å². The van der Waals surface area contributed by atoms with Gasteiger partial charge in [0.2, 0.25) is 0 Å². The first-order chi connectivity index (χ1) is 12.1. The Bertz CT molecular complexity index is 850. The first-order valence-corrected chi connectivity index (χ1v) is 8.34. The van der Waals surface area contributed by atoms with Crippen LogP contribution in [0.2, 0.25) is 5.02 Å². The lowest BCUT2D eigenvalue weighted by molar-refractivity contribution is 0.0935. The number of nitrogens with zero attached hydrogens (tertiary/aromatic N) is 1. The van der Waals surface area contributed by atoms with Gasteiger partial charge in [-0.2, -0.15) is 0 Å². The molecule has 25 heavy (non-hydrogen) atoms. The van der Waals surface area contributed by atoms with E-state index in [4.69, 9.17) is 11.6 Å². The van der Waals surface area contributed by atoms with Crippen LogP contribution in [0, 0.1) is 0 Å². The molecule has 1 unspecified atom stereocenters. The fourth-order valence-electron chi connectivity index (χ4n) is 2.43. The maximum Gasteiger partial charge on any atom is 0.270 e. The van der Waals surface area contributed by atoms with Crippen molar-refractivity contribution in [3.8, 4) is 0 Å². The van der Waals surface area contributed by atoms with E-state index in [0.717, 1.165) is 16.9 Å². The van der Waals surface area contributed by atoms with Gasteiger partial charge in [-0.3, -0.25) is 9.78 Å². The Kier molecular flexibility index (Phi) is 5.31. The fourth-order valence-corrected chi connectivity index (χ4v) is 2.55. The van der Waals surface area contributed by atoms with E-state index in [9.17, 15) is 4.79 Å². The monoisotopic (exact) mass is 351 g/mol. The molecule has 0 spiro atoms. The molecule has 0 aliphatic carbocycles. The van der Waals surface area contributed by atoms with Crippen LogP contribution in [0.5, 0.6) is 0 Å². The van der Waals surface area contributed by atoms with E-state index < -0.39 is 0 Å². The van der Waals surface area contributed by atoms with Crippen molar-refractivity contribution in [2.45, 2.75) is 13.0 Å². The highest BCUT2D eigenvalue weighted by atomic mass is 35.5. The molecule has 126 valence electrons.